The Kier molecular flexibility index (Phi) is 8.09. The monoisotopic (exact) mass is 548 g/mol. The number of benzene rings is 4. The molecule has 0 spiro atoms. The molecule has 0 saturated heterocycles. The van der Waals surface area contributed by atoms with Crippen LogP contribution in [-0.2, 0) is 11.1 Å². The molecule has 1 heterocycles. The fourth-order valence-corrected chi connectivity index (χ4v) is 4.49. The fraction of sp³-hybridized carbons (Fsp3) is 0.206. The molecule has 4 N–H and O–H groups in total. The van der Waals surface area contributed by atoms with Crippen LogP contribution in [0, 0.1) is 24.1 Å². The van der Waals surface area contributed by atoms with Crippen molar-refractivity contribution < 1.29 is 9.18 Å². The molecule has 0 unspecified atom stereocenters. The van der Waals surface area contributed by atoms with Gasteiger partial charge in [-0.25, -0.2) is 4.39 Å². The van der Waals surface area contributed by atoms with E-state index in [-0.39, 0.29) is 21.9 Å². The van der Waals surface area contributed by atoms with Crippen LogP contribution in [0.2, 0.25) is 0 Å². The first-order valence-corrected chi connectivity index (χ1v) is 13.2. The number of pyridine rings is 1. The molecule has 0 bridgehead atoms. The number of amides is 1. The average Bonchev–Trinajstić information content (AvgIpc) is 2.93. The first-order valence-electron chi connectivity index (χ1n) is 13.2. The summed E-state index contributed by atoms with van der Waals surface area (Å²) in [6, 6.07) is 26.6. The van der Waals surface area contributed by atoms with Gasteiger partial charge in [-0.2, -0.15) is 5.26 Å². The van der Waals surface area contributed by atoms with Gasteiger partial charge in [0.1, 0.15) is 5.82 Å². The average molecular weight is 549 g/mol. The van der Waals surface area contributed by atoms with Crippen molar-refractivity contribution in [3.8, 4) is 6.07 Å². The van der Waals surface area contributed by atoms with Crippen molar-refractivity contribution in [3.05, 3.63) is 129 Å². The van der Waals surface area contributed by atoms with E-state index in [2.05, 4.69) is 41.5 Å². The highest BCUT2D eigenvalue weighted by atomic mass is 19.1. The second-order valence-electron chi connectivity index (χ2n) is 11.2. The zero-order chi connectivity index (χ0) is 29.9. The molecule has 7 heteroatoms. The summed E-state index contributed by atoms with van der Waals surface area (Å²) in [6.45, 7) is 9.68. The predicted molar refractivity (Wildman–Crippen MR) is 162 cm³/mol. The molecule has 0 radical (unpaired) electrons. The Bertz CT molecular complexity index is 1830. The van der Waals surface area contributed by atoms with Crippen LogP contribution in [0.1, 0.15) is 60.3 Å². The van der Waals surface area contributed by atoms with Crippen LogP contribution < -0.4 is 16.5 Å². The maximum Gasteiger partial charge on any atom is 0.255 e. The van der Waals surface area contributed by atoms with Gasteiger partial charge in [0.15, 0.2) is 5.43 Å². The third kappa shape index (κ3) is 6.51. The maximum absolute atomic E-state index is 14.8. The number of aryl methyl sites for hydroxylation is 1. The van der Waals surface area contributed by atoms with Crippen LogP contribution >= 0.6 is 0 Å². The molecule has 0 atom stereocenters. The molecule has 0 aliphatic rings. The summed E-state index contributed by atoms with van der Waals surface area (Å²) in [6.07, 6.45) is 0. The number of nitrogens with zero attached hydrogens (tertiary/aromatic N) is 1. The number of carbonyl (C=O) groups is 1. The Hall–Kier alpha value is -4.80. The predicted octanol–water partition coefficient (Wildman–Crippen LogP) is 6.55. The molecule has 6 nitrogen and oxygen atoms in total. The molecule has 0 aliphatic carbocycles. The highest BCUT2D eigenvalue weighted by Gasteiger charge is 2.25. The van der Waals surface area contributed by atoms with Gasteiger partial charge >= 0.3 is 0 Å². The maximum atomic E-state index is 14.8. The molecule has 41 heavy (non-hydrogen) atoms. The van der Waals surface area contributed by atoms with E-state index in [9.17, 15) is 14.0 Å². The zero-order valence-electron chi connectivity index (χ0n) is 23.8. The lowest BCUT2D eigenvalue weighted by Crippen LogP contribution is -2.41. The number of halogens is 1. The van der Waals surface area contributed by atoms with Gasteiger partial charge in [-0.15, -0.1) is 0 Å². The molecule has 0 fully saturated rings. The molecular formula is C34H33FN4O2. The number of aromatic amines is 1. The summed E-state index contributed by atoms with van der Waals surface area (Å²) in [5.41, 5.74) is 9.20. The number of aromatic nitrogens is 1. The number of fused-ring (bicyclic) bond motifs is 2. The number of nitrogens with one attached hydrogen (secondary N) is 2. The highest BCUT2D eigenvalue weighted by Crippen LogP contribution is 2.24. The number of rotatable bonds is 4. The first kappa shape index (κ1) is 29.2. The summed E-state index contributed by atoms with van der Waals surface area (Å²) in [4.78, 5) is 28.7. The lowest BCUT2D eigenvalue weighted by molar-refractivity contribution is 0.0908. The number of H-pyrrole nitrogens is 1. The van der Waals surface area contributed by atoms with Gasteiger partial charge in [-0.3, -0.25) is 9.59 Å². The Labute approximate surface area is 238 Å². The van der Waals surface area contributed by atoms with Gasteiger partial charge in [0.05, 0.1) is 28.3 Å². The van der Waals surface area contributed by atoms with Crippen LogP contribution in [0.4, 0.5) is 4.39 Å². The highest BCUT2D eigenvalue weighted by molar-refractivity contribution is 6.00. The van der Waals surface area contributed by atoms with Crippen molar-refractivity contribution >= 4 is 27.7 Å². The quantitative estimate of drug-likeness (QED) is 0.221. The van der Waals surface area contributed by atoms with Crippen molar-refractivity contribution in [1.29, 1.82) is 5.26 Å². The second kappa shape index (κ2) is 11.4. The molecule has 1 aromatic heterocycles. The van der Waals surface area contributed by atoms with Gasteiger partial charge < -0.3 is 16.0 Å². The lowest BCUT2D eigenvalue weighted by atomic mass is 9.93. The molecule has 5 aromatic rings. The Morgan fingerprint density at radius 2 is 1.49 bits per heavy atom. The van der Waals surface area contributed by atoms with Gasteiger partial charge in [-0.1, -0.05) is 54.1 Å². The minimum atomic E-state index is -0.802. The summed E-state index contributed by atoms with van der Waals surface area (Å²) >= 11 is 0. The van der Waals surface area contributed by atoms with Crippen molar-refractivity contribution in [1.82, 2.24) is 10.3 Å². The van der Waals surface area contributed by atoms with Crippen molar-refractivity contribution in [2.24, 2.45) is 5.73 Å². The van der Waals surface area contributed by atoms with Crippen LogP contribution in [0.25, 0.3) is 21.8 Å². The van der Waals surface area contributed by atoms with Gasteiger partial charge in [0.2, 0.25) is 0 Å². The van der Waals surface area contributed by atoms with Crippen molar-refractivity contribution in [2.75, 3.05) is 0 Å². The van der Waals surface area contributed by atoms with Crippen molar-refractivity contribution in [3.63, 3.8) is 0 Å². The Morgan fingerprint density at radius 1 is 0.878 bits per heavy atom. The van der Waals surface area contributed by atoms with Crippen LogP contribution in [0.5, 0.6) is 0 Å². The summed E-state index contributed by atoms with van der Waals surface area (Å²) in [5, 5.41) is 12.4. The van der Waals surface area contributed by atoms with Crippen LogP contribution in [0.15, 0.2) is 89.7 Å². The number of carbonyl (C=O) groups excluding carboxylic acids is 1. The van der Waals surface area contributed by atoms with Crippen LogP contribution in [-0.4, -0.2) is 10.9 Å². The lowest BCUT2D eigenvalue weighted by Gasteiger charge is -2.27. The minimum Gasteiger partial charge on any atom is -0.354 e. The molecule has 4 aromatic carbocycles. The second-order valence-corrected chi connectivity index (χ2v) is 11.2. The molecule has 0 saturated carbocycles. The number of hydrogen-bond acceptors (Lipinski definition) is 4. The normalized spacial score (nSPS) is 11.5. The van der Waals surface area contributed by atoms with E-state index in [0.29, 0.717) is 22.0 Å². The fourth-order valence-electron chi connectivity index (χ4n) is 4.49. The Balaban J connectivity index is 0.000000296. The van der Waals surface area contributed by atoms with E-state index in [1.54, 1.807) is 62.4 Å². The van der Waals surface area contributed by atoms with E-state index in [4.69, 9.17) is 11.0 Å². The smallest absolute Gasteiger partial charge is 0.255 e. The van der Waals surface area contributed by atoms with Gasteiger partial charge in [0.25, 0.3) is 5.91 Å². The van der Waals surface area contributed by atoms with Gasteiger partial charge in [0, 0.05) is 21.8 Å². The van der Waals surface area contributed by atoms with Gasteiger partial charge in [-0.05, 0) is 82.1 Å². The van der Waals surface area contributed by atoms with E-state index in [0.717, 1.165) is 11.6 Å². The molecule has 208 valence electrons. The zero-order valence-corrected chi connectivity index (χ0v) is 23.8. The third-order valence-electron chi connectivity index (χ3n) is 6.99. The van der Waals surface area contributed by atoms with Crippen LogP contribution in [0.3, 0.4) is 0 Å². The molecule has 5 rings (SSSR count). The SMILES string of the molecule is CC(C)(NC(=O)c1cc2[nH]c3ccccc3c(=O)c2cc1F)c1ccc(C#N)cc1.Cc1ccc(C(C)(C)N)cc1. The van der Waals surface area contributed by atoms with E-state index >= 15 is 0 Å². The number of nitrogens with two attached hydrogens (primary N) is 1. The number of hydrogen-bond donors (Lipinski definition) is 3. The molecular weight excluding hydrogens is 515 g/mol. The summed E-state index contributed by atoms with van der Waals surface area (Å²) < 4.78 is 14.8. The minimum absolute atomic E-state index is 0.157. The Morgan fingerprint density at radius 3 is 2.10 bits per heavy atom. The number of para-hydroxylation sites is 1. The molecule has 1 amide bonds. The summed E-state index contributed by atoms with van der Waals surface area (Å²) in [7, 11) is 0. The first-order chi connectivity index (χ1) is 19.3. The van der Waals surface area contributed by atoms with E-state index in [1.165, 1.54) is 17.2 Å². The van der Waals surface area contributed by atoms with E-state index < -0.39 is 17.3 Å². The molecule has 0 aliphatic heterocycles. The topological polar surface area (TPSA) is 112 Å². The largest absolute Gasteiger partial charge is 0.354 e. The number of nitriles is 1. The third-order valence-corrected chi connectivity index (χ3v) is 6.99. The van der Waals surface area contributed by atoms with E-state index in [1.807, 2.05) is 19.9 Å². The summed E-state index contributed by atoms with van der Waals surface area (Å²) in [5.74, 6) is -1.37. The standard InChI is InChI=1S/C24H18FN3O2.C10H15N/c1-24(2,15-9-7-14(13-26)8-10-15)28-23(30)17-12-21-18(11-19(17)25)22(29)16-5-3-4-6-20(16)27-21;1-8-4-6-9(7-5-8)10(2,3)11/h3-12H,1-2H3,(H,27,29)(H,28,30);4-7H,11H2,1-3H3. The van der Waals surface area contributed by atoms with Crippen molar-refractivity contribution in [2.45, 2.75) is 45.7 Å².